The Morgan fingerprint density at radius 1 is 1.44 bits per heavy atom. The van der Waals surface area contributed by atoms with E-state index in [1.54, 1.807) is 6.26 Å². The van der Waals surface area contributed by atoms with E-state index >= 15 is 0 Å². The lowest BCUT2D eigenvalue weighted by Gasteiger charge is -2.19. The van der Waals surface area contributed by atoms with Crippen LogP contribution in [-0.2, 0) is 17.2 Å². The summed E-state index contributed by atoms with van der Waals surface area (Å²) in [6.45, 7) is 4.37. The maximum Gasteiger partial charge on any atom is 0.0246 e. The molecule has 0 saturated heterocycles. The lowest BCUT2D eigenvalue weighted by molar-refractivity contribution is 0.458. The van der Waals surface area contributed by atoms with Gasteiger partial charge in [-0.05, 0) is 38.1 Å². The minimum atomic E-state index is -0.670. The van der Waals surface area contributed by atoms with Gasteiger partial charge in [0.05, 0.1) is 0 Å². The van der Waals surface area contributed by atoms with Crippen molar-refractivity contribution < 1.29 is 4.21 Å². The molecule has 1 rings (SSSR count). The molecule has 4 heteroatoms. The zero-order valence-corrected chi connectivity index (χ0v) is 11.9. The molecule has 1 aromatic heterocycles. The SMILES string of the molecule is CC(CCS(C)=O)NC(C)Cc1cccs1. The highest BCUT2D eigenvalue weighted by atomic mass is 32.2. The maximum atomic E-state index is 11.0. The second kappa shape index (κ2) is 7.20. The summed E-state index contributed by atoms with van der Waals surface area (Å²) in [6.07, 6.45) is 3.83. The molecule has 92 valence electrons. The highest BCUT2D eigenvalue weighted by Gasteiger charge is 2.09. The van der Waals surface area contributed by atoms with Crippen LogP contribution in [0.4, 0.5) is 0 Å². The molecule has 3 atom stereocenters. The monoisotopic (exact) mass is 259 g/mol. The molecular weight excluding hydrogens is 238 g/mol. The molecule has 16 heavy (non-hydrogen) atoms. The number of nitrogens with one attached hydrogen (secondary N) is 1. The molecule has 0 aromatic carbocycles. The van der Waals surface area contributed by atoms with Crippen LogP contribution in [0.2, 0.25) is 0 Å². The number of thiophene rings is 1. The lowest BCUT2D eigenvalue weighted by atomic mass is 10.1. The fourth-order valence-electron chi connectivity index (χ4n) is 1.70. The first-order chi connectivity index (χ1) is 7.58. The summed E-state index contributed by atoms with van der Waals surface area (Å²) in [4.78, 5) is 1.42. The van der Waals surface area contributed by atoms with Gasteiger partial charge in [-0.3, -0.25) is 4.21 Å². The van der Waals surface area contributed by atoms with Crippen LogP contribution in [0.3, 0.4) is 0 Å². The number of rotatable bonds is 7. The van der Waals surface area contributed by atoms with Crippen molar-refractivity contribution in [3.8, 4) is 0 Å². The molecular formula is C12H21NOS2. The van der Waals surface area contributed by atoms with Gasteiger partial charge in [-0.2, -0.15) is 0 Å². The Morgan fingerprint density at radius 2 is 2.19 bits per heavy atom. The van der Waals surface area contributed by atoms with E-state index in [0.717, 1.165) is 18.6 Å². The van der Waals surface area contributed by atoms with E-state index in [-0.39, 0.29) is 0 Å². The van der Waals surface area contributed by atoms with Crippen molar-refractivity contribution in [3.05, 3.63) is 22.4 Å². The second-order valence-electron chi connectivity index (χ2n) is 4.32. The van der Waals surface area contributed by atoms with Gasteiger partial charge in [0.15, 0.2) is 0 Å². The summed E-state index contributed by atoms with van der Waals surface area (Å²) in [6, 6.07) is 5.20. The normalized spacial score (nSPS) is 16.9. The Labute approximate surface area is 105 Å². The molecule has 0 radical (unpaired) electrons. The van der Waals surface area contributed by atoms with Crippen LogP contribution < -0.4 is 5.32 Å². The van der Waals surface area contributed by atoms with Gasteiger partial charge in [-0.15, -0.1) is 11.3 Å². The second-order valence-corrected chi connectivity index (χ2v) is 6.91. The van der Waals surface area contributed by atoms with Crippen LogP contribution in [0, 0.1) is 0 Å². The van der Waals surface area contributed by atoms with E-state index in [2.05, 4.69) is 36.7 Å². The van der Waals surface area contributed by atoms with Crippen LogP contribution >= 0.6 is 11.3 Å². The van der Waals surface area contributed by atoms with Crippen LogP contribution in [0.15, 0.2) is 17.5 Å². The lowest BCUT2D eigenvalue weighted by Crippen LogP contribution is -2.36. The molecule has 0 fully saturated rings. The highest BCUT2D eigenvalue weighted by Crippen LogP contribution is 2.11. The molecule has 3 unspecified atom stereocenters. The zero-order chi connectivity index (χ0) is 12.0. The Bertz CT molecular complexity index is 311. The highest BCUT2D eigenvalue weighted by molar-refractivity contribution is 7.84. The third kappa shape index (κ3) is 5.77. The summed E-state index contributed by atoms with van der Waals surface area (Å²) < 4.78 is 11.0. The zero-order valence-electron chi connectivity index (χ0n) is 10.2. The predicted octanol–water partition coefficient (Wildman–Crippen LogP) is 2.43. The molecule has 0 aliphatic rings. The predicted molar refractivity (Wildman–Crippen MR) is 73.6 cm³/mol. The van der Waals surface area contributed by atoms with Crippen LogP contribution in [-0.4, -0.2) is 28.3 Å². The van der Waals surface area contributed by atoms with Crippen LogP contribution in [0.1, 0.15) is 25.1 Å². The Hall–Kier alpha value is -0.190. The first-order valence-electron chi connectivity index (χ1n) is 5.66. The first-order valence-corrected chi connectivity index (χ1v) is 8.27. The third-order valence-corrected chi connectivity index (χ3v) is 4.20. The third-order valence-electron chi connectivity index (χ3n) is 2.49. The number of hydrogen-bond donors (Lipinski definition) is 1. The fourth-order valence-corrected chi connectivity index (χ4v) is 3.22. The van der Waals surface area contributed by atoms with Gasteiger partial charge in [-0.25, -0.2) is 0 Å². The molecule has 1 heterocycles. The molecule has 0 amide bonds. The summed E-state index contributed by atoms with van der Waals surface area (Å²) >= 11 is 1.81. The van der Waals surface area contributed by atoms with Gasteiger partial charge in [0.1, 0.15) is 0 Å². The molecule has 1 aromatic rings. The first kappa shape index (κ1) is 13.9. The molecule has 0 spiro atoms. The van der Waals surface area contributed by atoms with E-state index in [0.29, 0.717) is 12.1 Å². The average Bonchev–Trinajstić information content (AvgIpc) is 2.67. The van der Waals surface area contributed by atoms with E-state index < -0.39 is 10.8 Å². The van der Waals surface area contributed by atoms with E-state index in [1.165, 1.54) is 4.88 Å². The van der Waals surface area contributed by atoms with Crippen LogP contribution in [0.5, 0.6) is 0 Å². The van der Waals surface area contributed by atoms with Crippen molar-refractivity contribution in [1.29, 1.82) is 0 Å². The van der Waals surface area contributed by atoms with Crippen molar-refractivity contribution in [2.45, 2.75) is 38.8 Å². The van der Waals surface area contributed by atoms with E-state index in [4.69, 9.17) is 0 Å². The van der Waals surface area contributed by atoms with Crippen LogP contribution in [0.25, 0.3) is 0 Å². The largest absolute Gasteiger partial charge is 0.311 e. The molecule has 1 N–H and O–H groups in total. The minimum Gasteiger partial charge on any atom is -0.311 e. The molecule has 2 nitrogen and oxygen atoms in total. The smallest absolute Gasteiger partial charge is 0.0246 e. The standard InChI is InChI=1S/C12H21NOS2/c1-10(6-8-16(3)14)13-11(2)9-12-5-4-7-15-12/h4-5,7,10-11,13H,6,8-9H2,1-3H3. The van der Waals surface area contributed by atoms with Gasteiger partial charge in [0, 0.05) is 39.8 Å². The van der Waals surface area contributed by atoms with Gasteiger partial charge in [-0.1, -0.05) is 6.07 Å². The summed E-state index contributed by atoms with van der Waals surface area (Å²) in [5, 5.41) is 5.66. The van der Waals surface area contributed by atoms with Crippen molar-refractivity contribution >= 4 is 22.1 Å². The molecule has 0 bridgehead atoms. The van der Waals surface area contributed by atoms with E-state index in [9.17, 15) is 4.21 Å². The molecule has 0 aliphatic heterocycles. The van der Waals surface area contributed by atoms with Crippen molar-refractivity contribution in [2.24, 2.45) is 0 Å². The van der Waals surface area contributed by atoms with Gasteiger partial charge in [0.2, 0.25) is 0 Å². The Balaban J connectivity index is 2.22. The Morgan fingerprint density at radius 3 is 2.75 bits per heavy atom. The summed E-state index contributed by atoms with van der Waals surface area (Å²) in [7, 11) is -0.670. The fraction of sp³-hybridized carbons (Fsp3) is 0.667. The van der Waals surface area contributed by atoms with Gasteiger partial charge >= 0.3 is 0 Å². The van der Waals surface area contributed by atoms with E-state index in [1.807, 2.05) is 11.3 Å². The summed E-state index contributed by atoms with van der Waals surface area (Å²) in [5.74, 6) is 0.792. The molecule has 0 saturated carbocycles. The Kier molecular flexibility index (Phi) is 6.24. The summed E-state index contributed by atoms with van der Waals surface area (Å²) in [5.41, 5.74) is 0. The van der Waals surface area contributed by atoms with Gasteiger partial charge in [0.25, 0.3) is 0 Å². The quantitative estimate of drug-likeness (QED) is 0.815. The van der Waals surface area contributed by atoms with Gasteiger partial charge < -0.3 is 5.32 Å². The number of hydrogen-bond acceptors (Lipinski definition) is 3. The van der Waals surface area contributed by atoms with Crippen molar-refractivity contribution in [2.75, 3.05) is 12.0 Å². The average molecular weight is 259 g/mol. The van der Waals surface area contributed by atoms with Crippen molar-refractivity contribution in [1.82, 2.24) is 5.32 Å². The topological polar surface area (TPSA) is 29.1 Å². The minimum absolute atomic E-state index is 0.443. The molecule has 0 aliphatic carbocycles. The van der Waals surface area contributed by atoms with Crippen molar-refractivity contribution in [3.63, 3.8) is 0 Å². The maximum absolute atomic E-state index is 11.0.